The van der Waals surface area contributed by atoms with Gasteiger partial charge in [0.05, 0.1) is 36.4 Å². The molecule has 3 heterocycles. The number of aryl methyl sites for hydroxylation is 1. The first-order valence-corrected chi connectivity index (χ1v) is 14.6. The molecule has 0 saturated heterocycles. The van der Waals surface area contributed by atoms with E-state index in [2.05, 4.69) is 25.7 Å². The van der Waals surface area contributed by atoms with Gasteiger partial charge in [-0.1, -0.05) is 12.1 Å². The molecule has 11 nitrogen and oxygen atoms in total. The lowest BCUT2D eigenvalue weighted by Gasteiger charge is -2.17. The predicted octanol–water partition coefficient (Wildman–Crippen LogP) is 6.00. The average Bonchev–Trinajstić information content (AvgIpc) is 3.58. The summed E-state index contributed by atoms with van der Waals surface area (Å²) in [5.41, 5.74) is 2.59. The van der Waals surface area contributed by atoms with Gasteiger partial charge < -0.3 is 25.4 Å². The van der Waals surface area contributed by atoms with Gasteiger partial charge in [0.15, 0.2) is 8.46 Å². The Labute approximate surface area is 252 Å². The summed E-state index contributed by atoms with van der Waals surface area (Å²) < 4.78 is 60.3. The fraction of sp³-hybridized carbons (Fsp3) is 0.310. The second kappa shape index (κ2) is 13.0. The van der Waals surface area contributed by atoms with Crippen molar-refractivity contribution in [3.8, 4) is 16.9 Å². The van der Waals surface area contributed by atoms with Crippen molar-refractivity contribution in [2.45, 2.75) is 38.3 Å². The number of fused-ring (bicyclic) bond motifs is 1. The van der Waals surface area contributed by atoms with Crippen molar-refractivity contribution in [3.63, 3.8) is 0 Å². The summed E-state index contributed by atoms with van der Waals surface area (Å²) in [7, 11) is 2.99. The number of nitrogens with zero attached hydrogens (tertiary/aromatic N) is 5. The summed E-state index contributed by atoms with van der Waals surface area (Å²) in [6, 6.07) is 8.28. The third kappa shape index (κ3) is 6.51. The zero-order valence-corrected chi connectivity index (χ0v) is 24.7. The Morgan fingerprint density at radius 3 is 2.64 bits per heavy atom. The fourth-order valence-corrected chi connectivity index (χ4v) is 5.29. The Balaban J connectivity index is 1.50. The molecule has 1 aliphatic rings. The number of aliphatic hydroxyl groups excluding tert-OH is 1. The number of hydrogen-bond donors (Lipinski definition) is 3. The van der Waals surface area contributed by atoms with Crippen LogP contribution < -0.4 is 15.4 Å². The van der Waals surface area contributed by atoms with Gasteiger partial charge in [0.2, 0.25) is 5.95 Å². The van der Waals surface area contributed by atoms with E-state index in [9.17, 15) is 22.5 Å². The van der Waals surface area contributed by atoms with Crippen LogP contribution in [0.1, 0.15) is 39.9 Å². The van der Waals surface area contributed by atoms with Crippen LogP contribution in [0.2, 0.25) is 0 Å². The number of benzene rings is 2. The van der Waals surface area contributed by atoms with Gasteiger partial charge in [0.25, 0.3) is 5.91 Å². The number of rotatable bonds is 12. The Morgan fingerprint density at radius 2 is 1.91 bits per heavy atom. The molecule has 0 atom stereocenters. The van der Waals surface area contributed by atoms with Crippen LogP contribution in [0, 0.1) is 0 Å². The standard InChI is InChI=1S/C29H29F3N7O4P/c1-38-15-20-19(18-12-34-39(14-18)9-3-4-10-40)6-8-23(25(20)27(38)41)35-26-21(29(30,31)32)13-33-28(37-26)36-22-7-5-17(16-44-42)11-24(22)43-2/h5-8,11-14,40H,3-4,9-10,15-16H2,1-2H3,(H2,33,35,36,37). The maximum atomic E-state index is 14.1. The number of alkyl halides is 3. The van der Waals surface area contributed by atoms with Gasteiger partial charge in [-0.15, -0.1) is 0 Å². The minimum Gasteiger partial charge on any atom is -0.495 e. The largest absolute Gasteiger partial charge is 0.495 e. The van der Waals surface area contributed by atoms with E-state index in [1.165, 1.54) is 12.0 Å². The van der Waals surface area contributed by atoms with E-state index in [0.717, 1.165) is 23.1 Å². The molecule has 2 aromatic heterocycles. The number of carbonyl (C=O) groups is 1. The summed E-state index contributed by atoms with van der Waals surface area (Å²) in [5, 5.41) is 19.1. The normalized spacial score (nSPS) is 13.0. The highest BCUT2D eigenvalue weighted by Crippen LogP contribution is 2.40. The number of methoxy groups -OCH3 is 1. The number of ether oxygens (including phenoxy) is 1. The lowest BCUT2D eigenvalue weighted by atomic mass is 9.97. The highest BCUT2D eigenvalue weighted by atomic mass is 31.1. The third-order valence-corrected chi connectivity index (χ3v) is 7.61. The molecular weight excluding hydrogens is 598 g/mol. The number of unbranched alkanes of at least 4 members (excludes halogenated alkanes) is 1. The summed E-state index contributed by atoms with van der Waals surface area (Å²) >= 11 is 0. The monoisotopic (exact) mass is 627 g/mol. The first-order valence-electron chi connectivity index (χ1n) is 13.6. The molecule has 0 spiro atoms. The zero-order chi connectivity index (χ0) is 31.4. The van der Waals surface area contributed by atoms with Crippen molar-refractivity contribution in [2.75, 3.05) is 31.4 Å². The van der Waals surface area contributed by atoms with Crippen LogP contribution in [0.3, 0.4) is 0 Å². The van der Waals surface area contributed by atoms with Gasteiger partial charge in [0, 0.05) is 44.7 Å². The second-order valence-electron chi connectivity index (χ2n) is 10.1. The van der Waals surface area contributed by atoms with E-state index in [1.807, 2.05) is 6.20 Å². The van der Waals surface area contributed by atoms with E-state index >= 15 is 0 Å². The first-order chi connectivity index (χ1) is 21.1. The highest BCUT2D eigenvalue weighted by molar-refractivity contribution is 7.22. The van der Waals surface area contributed by atoms with Crippen LogP contribution in [-0.2, 0) is 30.0 Å². The molecule has 0 aliphatic carbocycles. The highest BCUT2D eigenvalue weighted by Gasteiger charge is 2.37. The molecule has 3 N–H and O–H groups in total. The number of nitrogens with one attached hydrogen (secondary N) is 2. The van der Waals surface area contributed by atoms with Crippen molar-refractivity contribution in [3.05, 3.63) is 71.2 Å². The molecule has 0 radical (unpaired) electrons. The minimum absolute atomic E-state index is 0.0674. The smallest absolute Gasteiger partial charge is 0.421 e. The number of amides is 1. The number of carbonyl (C=O) groups excluding carboxylic acids is 1. The van der Waals surface area contributed by atoms with E-state index < -0.39 is 17.6 Å². The van der Waals surface area contributed by atoms with E-state index in [0.29, 0.717) is 36.2 Å². The lowest BCUT2D eigenvalue weighted by Crippen LogP contribution is -2.18. The lowest BCUT2D eigenvalue weighted by molar-refractivity contribution is -0.137. The third-order valence-electron chi connectivity index (χ3n) is 7.12. The quantitative estimate of drug-likeness (QED) is 0.128. The molecule has 230 valence electrons. The van der Waals surface area contributed by atoms with E-state index in [1.54, 1.807) is 48.3 Å². The molecule has 0 saturated carbocycles. The first kappa shape index (κ1) is 30.9. The number of hydrogen-bond acceptors (Lipinski definition) is 9. The van der Waals surface area contributed by atoms with Crippen molar-refractivity contribution in [1.29, 1.82) is 0 Å². The second-order valence-corrected chi connectivity index (χ2v) is 10.7. The number of halogens is 3. The Kier molecular flexibility index (Phi) is 9.12. The number of anilines is 4. The van der Waals surface area contributed by atoms with Gasteiger partial charge in [-0.05, 0) is 47.7 Å². The van der Waals surface area contributed by atoms with Crippen LogP contribution in [-0.4, -0.2) is 56.4 Å². The zero-order valence-electron chi connectivity index (χ0n) is 23.9. The number of aliphatic hydroxyl groups is 1. The molecule has 1 aliphatic heterocycles. The Bertz CT molecular complexity index is 1700. The van der Waals surface area contributed by atoms with Gasteiger partial charge in [-0.3, -0.25) is 14.0 Å². The van der Waals surface area contributed by atoms with Crippen LogP contribution in [0.4, 0.5) is 36.3 Å². The molecule has 1 amide bonds. The average molecular weight is 628 g/mol. The van der Waals surface area contributed by atoms with Crippen LogP contribution in [0.25, 0.3) is 11.1 Å². The number of aromatic nitrogens is 4. The van der Waals surface area contributed by atoms with Crippen LogP contribution in [0.15, 0.2) is 48.9 Å². The van der Waals surface area contributed by atoms with Crippen LogP contribution in [0.5, 0.6) is 5.75 Å². The van der Waals surface area contributed by atoms with E-state index in [4.69, 9.17) is 9.84 Å². The summed E-state index contributed by atoms with van der Waals surface area (Å²) in [6.07, 6.45) is 1.06. The molecular formula is C29H29F3N7O4P. The minimum atomic E-state index is -4.79. The molecule has 4 aromatic rings. The van der Waals surface area contributed by atoms with Crippen molar-refractivity contribution in [1.82, 2.24) is 24.6 Å². The molecule has 0 unspecified atom stereocenters. The molecule has 0 fully saturated rings. The Morgan fingerprint density at radius 1 is 1.11 bits per heavy atom. The molecule has 15 heteroatoms. The fourth-order valence-electron chi connectivity index (χ4n) is 4.95. The van der Waals surface area contributed by atoms with Crippen LogP contribution >= 0.6 is 8.46 Å². The van der Waals surface area contributed by atoms with Gasteiger partial charge in [-0.25, -0.2) is 4.98 Å². The SMILES string of the molecule is COc1cc(CP=O)ccc1Nc1ncc(C(F)(F)F)c(Nc2ccc(-c3cnn(CCCCO)c3)c3c2C(=O)N(C)C3)n1. The van der Waals surface area contributed by atoms with Crippen molar-refractivity contribution >= 4 is 37.5 Å². The Hall–Kier alpha value is -4.55. The van der Waals surface area contributed by atoms with Gasteiger partial charge >= 0.3 is 6.18 Å². The molecule has 44 heavy (non-hydrogen) atoms. The van der Waals surface area contributed by atoms with E-state index in [-0.39, 0.29) is 50.9 Å². The van der Waals surface area contributed by atoms with Crippen molar-refractivity contribution < 1.29 is 32.4 Å². The van der Waals surface area contributed by atoms with Gasteiger partial charge in [0.1, 0.15) is 17.1 Å². The summed E-state index contributed by atoms with van der Waals surface area (Å²) in [4.78, 5) is 22.7. The molecule has 0 bridgehead atoms. The van der Waals surface area contributed by atoms with Gasteiger partial charge in [-0.2, -0.15) is 23.3 Å². The molecule has 5 rings (SSSR count). The summed E-state index contributed by atoms with van der Waals surface area (Å²) in [6.45, 7) is 0.968. The topological polar surface area (TPSA) is 134 Å². The van der Waals surface area contributed by atoms with Crippen molar-refractivity contribution in [2.24, 2.45) is 0 Å². The summed E-state index contributed by atoms with van der Waals surface area (Å²) in [5.74, 6) is -0.658. The molecule has 2 aromatic carbocycles. The maximum Gasteiger partial charge on any atom is 0.421 e. The maximum absolute atomic E-state index is 14.1. The predicted molar refractivity (Wildman–Crippen MR) is 158 cm³/mol.